The summed E-state index contributed by atoms with van der Waals surface area (Å²) < 4.78 is 7.20. The molecule has 0 radical (unpaired) electrons. The Morgan fingerprint density at radius 3 is 2.86 bits per heavy atom. The molecule has 1 aliphatic heterocycles. The van der Waals surface area contributed by atoms with E-state index in [1.54, 1.807) is 43.8 Å². The minimum Gasteiger partial charge on any atom is -0.467 e. The van der Waals surface area contributed by atoms with Gasteiger partial charge in [-0.15, -0.1) is 0 Å². The third-order valence-corrected chi connectivity index (χ3v) is 5.74. The average molecular weight is 412 g/mol. The lowest BCUT2D eigenvalue weighted by Gasteiger charge is -2.12. The van der Waals surface area contributed by atoms with E-state index in [9.17, 15) is 9.59 Å². The van der Waals surface area contributed by atoms with Gasteiger partial charge >= 0.3 is 0 Å². The molecule has 0 saturated carbocycles. The van der Waals surface area contributed by atoms with E-state index in [1.807, 2.05) is 13.0 Å². The average Bonchev–Trinajstić information content (AvgIpc) is 3.28. The first-order valence-electron chi connectivity index (χ1n) is 8.47. The monoisotopic (exact) mass is 412 g/mol. The Kier molecular flexibility index (Phi) is 4.78. The summed E-state index contributed by atoms with van der Waals surface area (Å²) in [6, 6.07) is 7.22. The van der Waals surface area contributed by atoms with Crippen molar-refractivity contribution >= 4 is 51.7 Å². The van der Waals surface area contributed by atoms with Crippen LogP contribution in [0.1, 0.15) is 16.9 Å². The number of hydrogen-bond acceptors (Lipinski definition) is 7. The van der Waals surface area contributed by atoms with Gasteiger partial charge in [-0.2, -0.15) is 0 Å². The molecule has 1 aliphatic rings. The number of carbonyl (C=O) groups is 1. The Morgan fingerprint density at radius 2 is 2.14 bits per heavy atom. The lowest BCUT2D eigenvalue weighted by Crippen LogP contribution is -2.27. The molecule has 142 valence electrons. The Hall–Kier alpha value is -2.91. The molecule has 1 saturated heterocycles. The number of thioether (sulfide) groups is 1. The molecule has 1 fully saturated rings. The van der Waals surface area contributed by atoms with Crippen molar-refractivity contribution in [3.05, 3.63) is 68.9 Å². The number of amides is 1. The Labute approximate surface area is 170 Å². The highest BCUT2D eigenvalue weighted by Crippen LogP contribution is 2.34. The van der Waals surface area contributed by atoms with Crippen LogP contribution in [-0.4, -0.2) is 31.6 Å². The number of hydrogen-bond donors (Lipinski definition) is 1. The molecule has 3 aromatic rings. The highest BCUT2D eigenvalue weighted by atomic mass is 32.2. The minimum absolute atomic E-state index is 0.252. The molecule has 0 atom stereocenters. The zero-order chi connectivity index (χ0) is 19.8. The van der Waals surface area contributed by atoms with Crippen molar-refractivity contribution in [3.63, 3.8) is 0 Å². The molecule has 28 heavy (non-hydrogen) atoms. The number of fused-ring (bicyclic) bond motifs is 1. The van der Waals surface area contributed by atoms with Crippen molar-refractivity contribution in [2.24, 2.45) is 0 Å². The molecule has 0 spiro atoms. The van der Waals surface area contributed by atoms with Crippen LogP contribution in [0.25, 0.3) is 11.7 Å². The maximum absolute atomic E-state index is 13.0. The summed E-state index contributed by atoms with van der Waals surface area (Å²) in [6.07, 6.45) is 4.76. The first kappa shape index (κ1) is 18.5. The normalized spacial score (nSPS) is 15.8. The van der Waals surface area contributed by atoms with Gasteiger partial charge in [0.1, 0.15) is 21.5 Å². The number of furan rings is 1. The molecule has 9 heteroatoms. The van der Waals surface area contributed by atoms with Crippen molar-refractivity contribution in [1.82, 2.24) is 14.3 Å². The van der Waals surface area contributed by atoms with Crippen LogP contribution < -0.4 is 10.9 Å². The number of aryl methyl sites for hydroxylation is 1. The van der Waals surface area contributed by atoms with E-state index in [-0.39, 0.29) is 18.0 Å². The zero-order valence-corrected chi connectivity index (χ0v) is 16.8. The van der Waals surface area contributed by atoms with Crippen molar-refractivity contribution in [3.8, 4) is 0 Å². The SMILES string of the molecule is CNc1nc2c(C)cccn2c(=O)c1/C=C1\SC(=S)N(Cc2ccco2)C1=O. The summed E-state index contributed by atoms with van der Waals surface area (Å²) in [5, 5.41) is 2.95. The maximum atomic E-state index is 13.0. The third kappa shape index (κ3) is 3.12. The maximum Gasteiger partial charge on any atom is 0.267 e. The molecule has 1 amide bonds. The van der Waals surface area contributed by atoms with Crippen LogP contribution in [0.15, 0.2) is 50.8 Å². The summed E-state index contributed by atoms with van der Waals surface area (Å²) >= 11 is 6.50. The second kappa shape index (κ2) is 7.25. The number of anilines is 1. The Balaban J connectivity index is 1.77. The van der Waals surface area contributed by atoms with Gasteiger partial charge in [-0.25, -0.2) is 4.98 Å². The topological polar surface area (TPSA) is 79.9 Å². The summed E-state index contributed by atoms with van der Waals surface area (Å²) in [6.45, 7) is 2.14. The summed E-state index contributed by atoms with van der Waals surface area (Å²) in [5.74, 6) is 0.786. The number of nitrogens with one attached hydrogen (secondary N) is 1. The van der Waals surface area contributed by atoms with Gasteiger partial charge in [-0.1, -0.05) is 30.0 Å². The molecule has 4 rings (SSSR count). The number of carbonyl (C=O) groups excluding carboxylic acids is 1. The fourth-order valence-corrected chi connectivity index (χ4v) is 4.19. The van der Waals surface area contributed by atoms with E-state index < -0.39 is 0 Å². The van der Waals surface area contributed by atoms with Crippen LogP contribution in [0.2, 0.25) is 0 Å². The second-order valence-electron chi connectivity index (χ2n) is 6.16. The van der Waals surface area contributed by atoms with Crippen LogP contribution >= 0.6 is 24.0 Å². The van der Waals surface area contributed by atoms with Crippen LogP contribution in [-0.2, 0) is 11.3 Å². The van der Waals surface area contributed by atoms with E-state index in [0.29, 0.717) is 32.0 Å². The highest BCUT2D eigenvalue weighted by molar-refractivity contribution is 8.26. The fourth-order valence-electron chi connectivity index (χ4n) is 2.96. The number of rotatable bonds is 4. The van der Waals surface area contributed by atoms with Crippen molar-refractivity contribution in [1.29, 1.82) is 0 Å². The van der Waals surface area contributed by atoms with Gasteiger partial charge in [0.25, 0.3) is 11.5 Å². The minimum atomic E-state index is -0.262. The van der Waals surface area contributed by atoms with Crippen molar-refractivity contribution in [2.75, 3.05) is 12.4 Å². The lowest BCUT2D eigenvalue weighted by molar-refractivity contribution is -0.122. The summed E-state index contributed by atoms with van der Waals surface area (Å²) in [7, 11) is 1.69. The predicted octanol–water partition coefficient (Wildman–Crippen LogP) is 3.04. The molecule has 3 aromatic heterocycles. The van der Waals surface area contributed by atoms with E-state index in [1.165, 1.54) is 9.30 Å². The molecule has 0 aromatic carbocycles. The third-order valence-electron chi connectivity index (χ3n) is 4.36. The highest BCUT2D eigenvalue weighted by Gasteiger charge is 2.33. The molecule has 0 unspecified atom stereocenters. The molecular weight excluding hydrogens is 396 g/mol. The number of aromatic nitrogens is 2. The van der Waals surface area contributed by atoms with E-state index >= 15 is 0 Å². The molecular formula is C19H16N4O3S2. The molecule has 0 aliphatic carbocycles. The van der Waals surface area contributed by atoms with Gasteiger partial charge in [-0.3, -0.25) is 18.9 Å². The van der Waals surface area contributed by atoms with Crippen molar-refractivity contribution in [2.45, 2.75) is 13.5 Å². The Morgan fingerprint density at radius 1 is 1.32 bits per heavy atom. The van der Waals surface area contributed by atoms with Crippen LogP contribution in [0, 0.1) is 6.92 Å². The smallest absolute Gasteiger partial charge is 0.267 e. The van der Waals surface area contributed by atoms with E-state index in [2.05, 4.69) is 10.3 Å². The van der Waals surface area contributed by atoms with Gasteiger partial charge in [0.2, 0.25) is 0 Å². The lowest BCUT2D eigenvalue weighted by atomic mass is 10.2. The van der Waals surface area contributed by atoms with Gasteiger partial charge in [0, 0.05) is 13.2 Å². The first-order chi connectivity index (χ1) is 13.5. The molecule has 0 bridgehead atoms. The second-order valence-corrected chi connectivity index (χ2v) is 7.84. The predicted molar refractivity (Wildman–Crippen MR) is 113 cm³/mol. The van der Waals surface area contributed by atoms with Crippen LogP contribution in [0.4, 0.5) is 5.82 Å². The van der Waals surface area contributed by atoms with Gasteiger partial charge < -0.3 is 9.73 Å². The largest absolute Gasteiger partial charge is 0.467 e. The molecule has 4 heterocycles. The standard InChI is InChI=1S/C19H16N4O3S2/c1-11-5-3-7-22-16(11)21-15(20-2)13(17(22)24)9-14-18(25)23(19(27)28-14)10-12-6-4-8-26-12/h3-9,20H,10H2,1-2H3/b14-9-. The summed E-state index contributed by atoms with van der Waals surface area (Å²) in [5.41, 5.74) is 1.50. The van der Waals surface area contributed by atoms with Crippen LogP contribution in [0.3, 0.4) is 0 Å². The number of nitrogens with zero attached hydrogens (tertiary/aromatic N) is 3. The first-order valence-corrected chi connectivity index (χ1v) is 9.69. The van der Waals surface area contributed by atoms with Crippen molar-refractivity contribution < 1.29 is 9.21 Å². The molecule has 7 nitrogen and oxygen atoms in total. The van der Waals surface area contributed by atoms with E-state index in [4.69, 9.17) is 16.6 Å². The van der Waals surface area contributed by atoms with Crippen LogP contribution in [0.5, 0.6) is 0 Å². The Bertz CT molecular complexity index is 1180. The fraction of sp³-hybridized carbons (Fsp3) is 0.158. The van der Waals surface area contributed by atoms with Gasteiger partial charge in [0.15, 0.2) is 0 Å². The number of pyridine rings is 1. The van der Waals surface area contributed by atoms with Gasteiger partial charge in [0.05, 0.1) is 23.3 Å². The van der Waals surface area contributed by atoms with Gasteiger partial charge in [-0.05, 0) is 36.8 Å². The quantitative estimate of drug-likeness (QED) is 0.521. The number of thiocarbonyl (C=S) groups is 1. The zero-order valence-electron chi connectivity index (χ0n) is 15.1. The summed E-state index contributed by atoms with van der Waals surface area (Å²) in [4.78, 5) is 32.2. The van der Waals surface area contributed by atoms with E-state index in [0.717, 1.165) is 17.3 Å². The molecule has 1 N–H and O–H groups in total.